The summed E-state index contributed by atoms with van der Waals surface area (Å²) < 4.78 is 10.3. The van der Waals surface area contributed by atoms with E-state index in [1.54, 1.807) is 18.2 Å². The van der Waals surface area contributed by atoms with Gasteiger partial charge in [-0.2, -0.15) is 5.11 Å². The third kappa shape index (κ3) is 2.11. The van der Waals surface area contributed by atoms with Crippen LogP contribution >= 0.6 is 0 Å². The Morgan fingerprint density at radius 3 is 2.70 bits per heavy atom. The van der Waals surface area contributed by atoms with Crippen LogP contribution in [0.2, 0.25) is 0 Å². The highest BCUT2D eigenvalue weighted by molar-refractivity contribution is 5.53. The fourth-order valence-corrected chi connectivity index (χ4v) is 1.62. The first-order valence-corrected chi connectivity index (χ1v) is 5.50. The molecule has 1 aromatic heterocycles. The number of hydrogen-bond donors (Lipinski definition) is 3. The molecule has 1 aromatic carbocycles. The van der Waals surface area contributed by atoms with Crippen molar-refractivity contribution < 1.29 is 14.6 Å². The maximum absolute atomic E-state index is 11.4. The van der Waals surface area contributed by atoms with Crippen LogP contribution in [0.1, 0.15) is 0 Å². The summed E-state index contributed by atoms with van der Waals surface area (Å²) in [4.78, 5) is 26.3. The van der Waals surface area contributed by atoms with Crippen LogP contribution in [0.3, 0.4) is 0 Å². The number of rotatable bonds is 2. The van der Waals surface area contributed by atoms with Gasteiger partial charge in [-0.3, -0.25) is 14.8 Å². The van der Waals surface area contributed by atoms with Crippen molar-refractivity contribution in [3.8, 4) is 17.4 Å². The van der Waals surface area contributed by atoms with Crippen LogP contribution in [0.5, 0.6) is 17.4 Å². The van der Waals surface area contributed by atoms with E-state index in [4.69, 9.17) is 9.47 Å². The number of fused-ring (bicyclic) bond motifs is 1. The number of aromatic hydroxyl groups is 1. The molecule has 0 aliphatic carbocycles. The molecule has 0 atom stereocenters. The Kier molecular flexibility index (Phi) is 2.71. The van der Waals surface area contributed by atoms with Crippen molar-refractivity contribution >= 4 is 11.4 Å². The fourth-order valence-electron chi connectivity index (χ4n) is 1.62. The summed E-state index contributed by atoms with van der Waals surface area (Å²) in [5.74, 6) is 0.456. The second kappa shape index (κ2) is 4.53. The molecule has 9 heteroatoms. The van der Waals surface area contributed by atoms with Crippen molar-refractivity contribution in [2.75, 3.05) is 6.79 Å². The van der Waals surface area contributed by atoms with Crippen LogP contribution in [0, 0.1) is 0 Å². The van der Waals surface area contributed by atoms with Crippen molar-refractivity contribution in [2.45, 2.75) is 0 Å². The SMILES string of the molecule is O=c1[nH]c(O)c(N=Nc2ccc3c(c2)OCO3)c(=O)[nH]1. The average Bonchev–Trinajstić information content (AvgIpc) is 2.84. The van der Waals surface area contributed by atoms with Crippen molar-refractivity contribution in [2.24, 2.45) is 10.2 Å². The highest BCUT2D eigenvalue weighted by Gasteiger charge is 2.13. The number of aromatic nitrogens is 2. The number of aromatic amines is 2. The number of benzene rings is 1. The van der Waals surface area contributed by atoms with Crippen molar-refractivity contribution in [1.29, 1.82) is 0 Å². The standard InChI is InChI=1S/C11H8N4O5/c16-9-8(10(17)13-11(18)12-9)15-14-5-1-2-6-7(3-5)20-4-19-6/h1-3H,4H2,(H3,12,13,16,17,18). The van der Waals surface area contributed by atoms with E-state index in [0.29, 0.717) is 17.2 Å². The quantitative estimate of drug-likeness (QED) is 0.702. The first kappa shape index (κ1) is 12.0. The van der Waals surface area contributed by atoms with Gasteiger partial charge in [-0.25, -0.2) is 4.79 Å². The van der Waals surface area contributed by atoms with Gasteiger partial charge in [0.05, 0.1) is 5.69 Å². The third-order valence-electron chi connectivity index (χ3n) is 2.52. The highest BCUT2D eigenvalue weighted by atomic mass is 16.7. The Hall–Kier alpha value is -3.10. The molecule has 0 radical (unpaired) electrons. The molecule has 0 bridgehead atoms. The van der Waals surface area contributed by atoms with E-state index in [0.717, 1.165) is 0 Å². The molecular formula is C11H8N4O5. The van der Waals surface area contributed by atoms with Crippen LogP contribution in [-0.2, 0) is 0 Å². The van der Waals surface area contributed by atoms with E-state index in [1.807, 2.05) is 9.97 Å². The Morgan fingerprint density at radius 2 is 1.90 bits per heavy atom. The molecule has 3 rings (SSSR count). The molecule has 0 saturated heterocycles. The topological polar surface area (TPSA) is 129 Å². The molecule has 2 aromatic rings. The van der Waals surface area contributed by atoms with Gasteiger partial charge in [0.1, 0.15) is 0 Å². The zero-order valence-electron chi connectivity index (χ0n) is 9.91. The minimum Gasteiger partial charge on any atom is -0.493 e. The zero-order chi connectivity index (χ0) is 14.1. The van der Waals surface area contributed by atoms with Crippen molar-refractivity contribution in [3.05, 3.63) is 39.0 Å². The number of ether oxygens (including phenoxy) is 2. The molecule has 0 saturated carbocycles. The van der Waals surface area contributed by atoms with E-state index in [9.17, 15) is 14.7 Å². The summed E-state index contributed by atoms with van der Waals surface area (Å²) in [6.45, 7) is 0.135. The monoisotopic (exact) mass is 276 g/mol. The molecule has 1 aliphatic rings. The lowest BCUT2D eigenvalue weighted by atomic mass is 10.3. The summed E-state index contributed by atoms with van der Waals surface area (Å²) in [5, 5.41) is 16.8. The average molecular weight is 276 g/mol. The molecule has 2 heterocycles. The third-order valence-corrected chi connectivity index (χ3v) is 2.52. The molecule has 1 aliphatic heterocycles. The molecule has 3 N–H and O–H groups in total. The maximum Gasteiger partial charge on any atom is 0.328 e. The molecule has 0 amide bonds. The fraction of sp³-hybridized carbons (Fsp3) is 0.0909. The number of nitrogens with one attached hydrogen (secondary N) is 2. The summed E-state index contributed by atoms with van der Waals surface area (Å²) in [7, 11) is 0. The number of azo groups is 1. The lowest BCUT2D eigenvalue weighted by molar-refractivity contribution is 0.174. The summed E-state index contributed by atoms with van der Waals surface area (Å²) >= 11 is 0. The minimum atomic E-state index is -0.837. The smallest absolute Gasteiger partial charge is 0.328 e. The van der Waals surface area contributed by atoms with Crippen molar-refractivity contribution in [1.82, 2.24) is 9.97 Å². The number of H-pyrrole nitrogens is 2. The Balaban J connectivity index is 1.95. The van der Waals surface area contributed by atoms with E-state index in [-0.39, 0.29) is 12.5 Å². The summed E-state index contributed by atoms with van der Waals surface area (Å²) in [5.41, 5.74) is -1.65. The Labute approximate surface area is 110 Å². The van der Waals surface area contributed by atoms with Gasteiger partial charge in [0.2, 0.25) is 18.4 Å². The van der Waals surface area contributed by atoms with E-state index in [2.05, 4.69) is 10.2 Å². The lowest BCUT2D eigenvalue weighted by Gasteiger charge is -1.97. The van der Waals surface area contributed by atoms with Crippen molar-refractivity contribution in [3.63, 3.8) is 0 Å². The van der Waals surface area contributed by atoms with Gasteiger partial charge in [-0.05, 0) is 12.1 Å². The van der Waals surface area contributed by atoms with Crippen LogP contribution in [0.25, 0.3) is 0 Å². The largest absolute Gasteiger partial charge is 0.493 e. The van der Waals surface area contributed by atoms with Gasteiger partial charge in [0, 0.05) is 6.07 Å². The van der Waals surface area contributed by atoms with Crippen LogP contribution in [0.15, 0.2) is 38.0 Å². The minimum absolute atomic E-state index is 0.135. The normalized spacial score (nSPS) is 13.0. The highest BCUT2D eigenvalue weighted by Crippen LogP contribution is 2.35. The Bertz CT molecular complexity index is 807. The molecule has 9 nitrogen and oxygen atoms in total. The van der Waals surface area contributed by atoms with Gasteiger partial charge in [-0.1, -0.05) is 0 Å². The number of nitrogens with zero attached hydrogens (tertiary/aromatic N) is 2. The van der Waals surface area contributed by atoms with Gasteiger partial charge in [-0.15, -0.1) is 5.11 Å². The summed E-state index contributed by atoms with van der Waals surface area (Å²) in [6.07, 6.45) is 0. The lowest BCUT2D eigenvalue weighted by Crippen LogP contribution is -2.20. The van der Waals surface area contributed by atoms with Gasteiger partial charge < -0.3 is 14.6 Å². The summed E-state index contributed by atoms with van der Waals surface area (Å²) in [6, 6.07) is 4.82. The first-order chi connectivity index (χ1) is 9.63. The molecule has 102 valence electrons. The second-order valence-corrected chi connectivity index (χ2v) is 3.84. The number of hydrogen-bond acceptors (Lipinski definition) is 7. The molecule has 0 fully saturated rings. The van der Waals surface area contributed by atoms with Crippen LogP contribution in [0.4, 0.5) is 11.4 Å². The van der Waals surface area contributed by atoms with Gasteiger partial charge >= 0.3 is 5.69 Å². The van der Waals surface area contributed by atoms with Gasteiger partial charge in [0.25, 0.3) is 5.56 Å². The zero-order valence-corrected chi connectivity index (χ0v) is 9.91. The molecule has 20 heavy (non-hydrogen) atoms. The van der Waals surface area contributed by atoms with Crippen LogP contribution in [-0.4, -0.2) is 21.9 Å². The van der Waals surface area contributed by atoms with Crippen LogP contribution < -0.4 is 20.7 Å². The molecular weight excluding hydrogens is 268 g/mol. The van der Waals surface area contributed by atoms with E-state index < -0.39 is 17.1 Å². The molecule has 0 unspecified atom stereocenters. The molecule has 0 spiro atoms. The van der Waals surface area contributed by atoms with Gasteiger partial charge in [0.15, 0.2) is 11.5 Å². The Morgan fingerprint density at radius 1 is 1.10 bits per heavy atom. The predicted octanol–water partition coefficient (Wildman–Crippen LogP) is 0.913. The predicted molar refractivity (Wildman–Crippen MR) is 66.1 cm³/mol. The van der Waals surface area contributed by atoms with E-state index >= 15 is 0 Å². The maximum atomic E-state index is 11.4. The first-order valence-electron chi connectivity index (χ1n) is 5.50. The van der Waals surface area contributed by atoms with E-state index in [1.165, 1.54) is 0 Å². The second-order valence-electron chi connectivity index (χ2n) is 3.84.